The van der Waals surface area contributed by atoms with Crippen molar-refractivity contribution < 1.29 is 0 Å². The van der Waals surface area contributed by atoms with E-state index in [1.54, 1.807) is 0 Å². The van der Waals surface area contributed by atoms with Gasteiger partial charge in [0.15, 0.2) is 0 Å². The molecule has 5 nitrogen and oxygen atoms in total. The Kier molecular flexibility index (Phi) is 5.15. The summed E-state index contributed by atoms with van der Waals surface area (Å²) in [6.07, 6.45) is 1.11. The van der Waals surface area contributed by atoms with E-state index in [9.17, 15) is 0 Å². The summed E-state index contributed by atoms with van der Waals surface area (Å²) in [5.74, 6) is 1.28. The van der Waals surface area contributed by atoms with Gasteiger partial charge in [-0.3, -0.25) is 0 Å². The van der Waals surface area contributed by atoms with Crippen molar-refractivity contribution in [2.75, 3.05) is 44.4 Å². The van der Waals surface area contributed by atoms with Crippen LogP contribution in [0.3, 0.4) is 0 Å². The lowest BCUT2D eigenvalue weighted by Crippen LogP contribution is -2.28. The average Bonchev–Trinajstić information content (AvgIpc) is 2.22. The average molecular weight is 237 g/mol. The number of rotatable bonds is 6. The van der Waals surface area contributed by atoms with Gasteiger partial charge in [0.25, 0.3) is 0 Å². The number of hydrogen-bond donors (Lipinski definition) is 1. The number of hydrogen-bond acceptors (Lipinski definition) is 5. The van der Waals surface area contributed by atoms with E-state index < -0.39 is 0 Å². The van der Waals surface area contributed by atoms with E-state index in [2.05, 4.69) is 40.8 Å². The second-order valence-electron chi connectivity index (χ2n) is 4.46. The van der Waals surface area contributed by atoms with E-state index in [1.165, 1.54) is 0 Å². The molecule has 0 spiro atoms. The number of anilines is 2. The van der Waals surface area contributed by atoms with Gasteiger partial charge in [-0.25, -0.2) is 4.98 Å². The van der Waals surface area contributed by atoms with Gasteiger partial charge >= 0.3 is 0 Å². The van der Waals surface area contributed by atoms with E-state index in [-0.39, 0.29) is 0 Å². The molecule has 0 bridgehead atoms. The predicted octanol–water partition coefficient (Wildman–Crippen LogP) is 1.15. The second-order valence-corrected chi connectivity index (χ2v) is 4.46. The maximum absolute atomic E-state index is 5.67. The van der Waals surface area contributed by atoms with Gasteiger partial charge in [-0.05, 0) is 40.9 Å². The fraction of sp³-hybridized carbons (Fsp3) is 0.667. The van der Waals surface area contributed by atoms with E-state index in [4.69, 9.17) is 5.73 Å². The van der Waals surface area contributed by atoms with Crippen LogP contribution < -0.4 is 10.6 Å². The summed E-state index contributed by atoms with van der Waals surface area (Å²) in [5, 5.41) is 0. The van der Waals surface area contributed by atoms with Gasteiger partial charge in [-0.15, -0.1) is 0 Å². The lowest BCUT2D eigenvalue weighted by molar-refractivity contribution is 0.400. The zero-order valence-corrected chi connectivity index (χ0v) is 11.3. The number of nitrogen functional groups attached to an aromatic ring is 1. The first kappa shape index (κ1) is 13.7. The smallest absolute Gasteiger partial charge is 0.222 e. The summed E-state index contributed by atoms with van der Waals surface area (Å²) >= 11 is 0. The van der Waals surface area contributed by atoms with Gasteiger partial charge in [0.2, 0.25) is 5.95 Å². The minimum atomic E-state index is 0.353. The summed E-state index contributed by atoms with van der Waals surface area (Å²) in [5.41, 5.74) is 6.59. The maximum atomic E-state index is 5.67. The van der Waals surface area contributed by atoms with Gasteiger partial charge < -0.3 is 15.5 Å². The lowest BCUT2D eigenvalue weighted by atomic mass is 10.3. The van der Waals surface area contributed by atoms with E-state index >= 15 is 0 Å². The van der Waals surface area contributed by atoms with Crippen LogP contribution in [0.4, 0.5) is 11.8 Å². The molecule has 5 heteroatoms. The SMILES string of the molecule is CCN(CCCN(C)C)c1cc(C)nc(N)n1. The Balaban J connectivity index is 2.65. The van der Waals surface area contributed by atoms with Crippen LogP contribution in [-0.4, -0.2) is 48.6 Å². The van der Waals surface area contributed by atoms with Gasteiger partial charge in [-0.2, -0.15) is 4.98 Å². The molecular formula is C12H23N5. The standard InChI is InChI=1S/C12H23N5/c1-5-17(8-6-7-16(3)4)11-9-10(2)14-12(13)15-11/h9H,5-8H2,1-4H3,(H2,13,14,15). The van der Waals surface area contributed by atoms with E-state index in [0.717, 1.165) is 37.6 Å². The Morgan fingerprint density at radius 3 is 2.47 bits per heavy atom. The molecule has 0 radical (unpaired) electrons. The fourth-order valence-corrected chi connectivity index (χ4v) is 1.75. The molecule has 1 aromatic heterocycles. The van der Waals surface area contributed by atoms with Crippen molar-refractivity contribution in [1.29, 1.82) is 0 Å². The minimum Gasteiger partial charge on any atom is -0.368 e. The molecule has 0 fully saturated rings. The normalized spacial score (nSPS) is 10.9. The highest BCUT2D eigenvalue weighted by Gasteiger charge is 2.07. The highest BCUT2D eigenvalue weighted by atomic mass is 15.2. The lowest BCUT2D eigenvalue weighted by Gasteiger charge is -2.23. The van der Waals surface area contributed by atoms with Crippen LogP contribution in [0.2, 0.25) is 0 Å². The molecule has 0 aliphatic heterocycles. The van der Waals surface area contributed by atoms with E-state index in [1.807, 2.05) is 13.0 Å². The zero-order chi connectivity index (χ0) is 12.8. The molecule has 1 heterocycles. The largest absolute Gasteiger partial charge is 0.368 e. The molecule has 0 aliphatic rings. The van der Waals surface area contributed by atoms with Crippen molar-refractivity contribution in [3.63, 3.8) is 0 Å². The van der Waals surface area contributed by atoms with Gasteiger partial charge in [-0.1, -0.05) is 0 Å². The minimum absolute atomic E-state index is 0.353. The van der Waals surface area contributed by atoms with Crippen LogP contribution in [-0.2, 0) is 0 Å². The molecule has 0 aliphatic carbocycles. The molecule has 0 unspecified atom stereocenters. The number of aromatic nitrogens is 2. The third kappa shape index (κ3) is 4.56. The van der Waals surface area contributed by atoms with Crippen molar-refractivity contribution >= 4 is 11.8 Å². The van der Waals surface area contributed by atoms with Crippen LogP contribution in [0.15, 0.2) is 6.07 Å². The fourth-order valence-electron chi connectivity index (χ4n) is 1.75. The molecule has 0 amide bonds. The van der Waals surface area contributed by atoms with Crippen LogP contribution in [0.5, 0.6) is 0 Å². The molecule has 1 aromatic rings. The molecular weight excluding hydrogens is 214 g/mol. The van der Waals surface area contributed by atoms with E-state index in [0.29, 0.717) is 5.95 Å². The summed E-state index contributed by atoms with van der Waals surface area (Å²) in [7, 11) is 4.17. The topological polar surface area (TPSA) is 58.3 Å². The van der Waals surface area contributed by atoms with Gasteiger partial charge in [0.1, 0.15) is 5.82 Å². The monoisotopic (exact) mass is 237 g/mol. The second kappa shape index (κ2) is 6.39. The first-order valence-electron chi connectivity index (χ1n) is 6.03. The highest BCUT2D eigenvalue weighted by Crippen LogP contribution is 2.13. The molecule has 17 heavy (non-hydrogen) atoms. The maximum Gasteiger partial charge on any atom is 0.222 e. The first-order valence-corrected chi connectivity index (χ1v) is 6.03. The molecule has 96 valence electrons. The van der Waals surface area contributed by atoms with Crippen molar-refractivity contribution in [2.45, 2.75) is 20.3 Å². The van der Waals surface area contributed by atoms with Crippen molar-refractivity contribution in [3.05, 3.63) is 11.8 Å². The molecule has 0 saturated heterocycles. The Morgan fingerprint density at radius 1 is 1.24 bits per heavy atom. The van der Waals surface area contributed by atoms with Gasteiger partial charge in [0.05, 0.1) is 0 Å². The van der Waals surface area contributed by atoms with Gasteiger partial charge in [0, 0.05) is 24.8 Å². The molecule has 1 rings (SSSR count). The zero-order valence-electron chi connectivity index (χ0n) is 11.3. The predicted molar refractivity (Wildman–Crippen MR) is 72.2 cm³/mol. The molecule has 2 N–H and O–H groups in total. The Hall–Kier alpha value is -1.36. The number of aryl methyl sites for hydroxylation is 1. The number of nitrogens with two attached hydrogens (primary N) is 1. The highest BCUT2D eigenvalue weighted by molar-refractivity contribution is 5.43. The van der Waals surface area contributed by atoms with Crippen LogP contribution >= 0.6 is 0 Å². The number of nitrogens with zero attached hydrogens (tertiary/aromatic N) is 4. The molecule has 0 saturated carbocycles. The molecule has 0 aromatic carbocycles. The van der Waals surface area contributed by atoms with Crippen molar-refractivity contribution in [3.8, 4) is 0 Å². The summed E-state index contributed by atoms with van der Waals surface area (Å²) in [6, 6.07) is 1.98. The van der Waals surface area contributed by atoms with Crippen molar-refractivity contribution in [2.24, 2.45) is 0 Å². The van der Waals surface area contributed by atoms with Crippen LogP contribution in [0, 0.1) is 6.92 Å². The quantitative estimate of drug-likeness (QED) is 0.804. The molecule has 0 atom stereocenters. The van der Waals surface area contributed by atoms with Crippen LogP contribution in [0.25, 0.3) is 0 Å². The van der Waals surface area contributed by atoms with Crippen molar-refractivity contribution in [1.82, 2.24) is 14.9 Å². The van der Waals surface area contributed by atoms with Crippen LogP contribution in [0.1, 0.15) is 19.0 Å². The summed E-state index contributed by atoms with van der Waals surface area (Å²) in [6.45, 7) is 7.07. The summed E-state index contributed by atoms with van der Waals surface area (Å²) in [4.78, 5) is 12.8. The summed E-state index contributed by atoms with van der Waals surface area (Å²) < 4.78 is 0. The first-order chi connectivity index (χ1) is 8.02. The third-order valence-corrected chi connectivity index (χ3v) is 2.60. The Labute approximate surface area is 104 Å². The third-order valence-electron chi connectivity index (χ3n) is 2.60. The Morgan fingerprint density at radius 2 is 1.94 bits per heavy atom. The Bertz CT molecular complexity index is 330.